The van der Waals surface area contributed by atoms with Crippen LogP contribution in [0, 0.1) is 0 Å². The van der Waals surface area contributed by atoms with Gasteiger partial charge in [-0.25, -0.2) is 0 Å². The Balaban J connectivity index is 2.01. The van der Waals surface area contributed by atoms with E-state index in [1.165, 1.54) is 0 Å². The number of rotatable bonds is 2. The molecule has 7 heteroatoms. The van der Waals surface area contributed by atoms with Crippen LogP contribution in [0.25, 0.3) is 11.0 Å². The highest BCUT2D eigenvalue weighted by molar-refractivity contribution is 7.00. The number of nitrogens with two attached hydrogens (primary N) is 1. The van der Waals surface area contributed by atoms with Crippen molar-refractivity contribution < 1.29 is 4.79 Å². The van der Waals surface area contributed by atoms with Gasteiger partial charge in [-0.2, -0.15) is 8.75 Å². The van der Waals surface area contributed by atoms with E-state index in [0.29, 0.717) is 29.1 Å². The zero-order valence-electron chi connectivity index (χ0n) is 8.74. The van der Waals surface area contributed by atoms with Gasteiger partial charge in [0, 0.05) is 0 Å². The predicted octanol–water partition coefficient (Wildman–Crippen LogP) is 1.77. The zero-order chi connectivity index (χ0) is 12.0. The molecule has 1 fully saturated rings. The van der Waals surface area contributed by atoms with Gasteiger partial charge in [-0.1, -0.05) is 11.6 Å². The van der Waals surface area contributed by atoms with Gasteiger partial charge < -0.3 is 11.1 Å². The average molecular weight is 269 g/mol. The van der Waals surface area contributed by atoms with Crippen LogP contribution in [0.4, 0.5) is 5.69 Å². The third-order valence-electron chi connectivity index (χ3n) is 2.86. The second kappa shape index (κ2) is 3.63. The maximum atomic E-state index is 11.9. The first-order valence-electron chi connectivity index (χ1n) is 5.11. The van der Waals surface area contributed by atoms with E-state index in [4.69, 9.17) is 17.3 Å². The summed E-state index contributed by atoms with van der Waals surface area (Å²) in [5.74, 6) is -0.208. The SMILES string of the molecule is NC1(C(=O)Nc2c(Cl)ccc3nsnc23)CC1. The predicted molar refractivity (Wildman–Crippen MR) is 67.2 cm³/mol. The minimum Gasteiger partial charge on any atom is -0.321 e. The van der Waals surface area contributed by atoms with Crippen LogP contribution in [0.3, 0.4) is 0 Å². The molecule has 17 heavy (non-hydrogen) atoms. The van der Waals surface area contributed by atoms with Crippen LogP contribution in [0.1, 0.15) is 12.8 Å². The summed E-state index contributed by atoms with van der Waals surface area (Å²) < 4.78 is 8.22. The third kappa shape index (κ3) is 1.78. The minimum atomic E-state index is -0.727. The molecule has 88 valence electrons. The van der Waals surface area contributed by atoms with Crippen LogP contribution in [0.2, 0.25) is 5.02 Å². The smallest absolute Gasteiger partial charge is 0.244 e. The van der Waals surface area contributed by atoms with Crippen molar-refractivity contribution in [3.8, 4) is 0 Å². The number of carbonyl (C=O) groups is 1. The highest BCUT2D eigenvalue weighted by atomic mass is 35.5. The van der Waals surface area contributed by atoms with Crippen LogP contribution in [-0.4, -0.2) is 20.2 Å². The van der Waals surface area contributed by atoms with Crippen LogP contribution in [0.5, 0.6) is 0 Å². The molecule has 1 saturated carbocycles. The van der Waals surface area contributed by atoms with E-state index in [1.807, 2.05) is 0 Å². The van der Waals surface area contributed by atoms with Gasteiger partial charge in [0.15, 0.2) is 0 Å². The van der Waals surface area contributed by atoms with Gasteiger partial charge >= 0.3 is 0 Å². The summed E-state index contributed by atoms with van der Waals surface area (Å²) in [5, 5.41) is 3.20. The Bertz CT molecular complexity index is 607. The lowest BCUT2D eigenvalue weighted by atomic mass is 10.2. The Labute approximate surface area is 106 Å². The molecule has 0 radical (unpaired) electrons. The highest BCUT2D eigenvalue weighted by Gasteiger charge is 2.46. The van der Waals surface area contributed by atoms with Crippen molar-refractivity contribution in [2.75, 3.05) is 5.32 Å². The van der Waals surface area contributed by atoms with Crippen LogP contribution in [0.15, 0.2) is 12.1 Å². The van der Waals surface area contributed by atoms with Gasteiger partial charge in [0.05, 0.1) is 28.0 Å². The number of hydrogen-bond acceptors (Lipinski definition) is 5. The Hall–Kier alpha value is -1.24. The zero-order valence-corrected chi connectivity index (χ0v) is 10.3. The van der Waals surface area contributed by atoms with E-state index < -0.39 is 5.54 Å². The first-order valence-corrected chi connectivity index (χ1v) is 6.22. The normalized spacial score (nSPS) is 17.1. The van der Waals surface area contributed by atoms with Crippen molar-refractivity contribution in [3.63, 3.8) is 0 Å². The molecule has 1 amide bonds. The lowest BCUT2D eigenvalue weighted by Crippen LogP contribution is -2.37. The molecule has 0 aliphatic heterocycles. The summed E-state index contributed by atoms with van der Waals surface area (Å²) >= 11 is 7.14. The average Bonchev–Trinajstić information content (AvgIpc) is 2.90. The molecular weight excluding hydrogens is 260 g/mol. The van der Waals surface area contributed by atoms with E-state index in [2.05, 4.69) is 14.1 Å². The molecule has 3 N–H and O–H groups in total. The molecule has 1 aliphatic carbocycles. The van der Waals surface area contributed by atoms with E-state index in [0.717, 1.165) is 17.2 Å². The molecule has 1 aromatic carbocycles. The molecule has 1 heterocycles. The molecule has 2 aromatic rings. The number of aromatic nitrogens is 2. The number of anilines is 1. The summed E-state index contributed by atoms with van der Waals surface area (Å²) in [7, 11) is 0. The number of halogens is 1. The fraction of sp³-hybridized carbons (Fsp3) is 0.300. The Morgan fingerprint density at radius 3 is 2.94 bits per heavy atom. The lowest BCUT2D eigenvalue weighted by molar-refractivity contribution is -0.118. The van der Waals surface area contributed by atoms with E-state index in [-0.39, 0.29) is 5.91 Å². The topological polar surface area (TPSA) is 80.9 Å². The monoisotopic (exact) mass is 268 g/mol. The maximum absolute atomic E-state index is 11.9. The number of nitrogens with one attached hydrogen (secondary N) is 1. The number of amides is 1. The van der Waals surface area contributed by atoms with Crippen molar-refractivity contribution in [1.82, 2.24) is 8.75 Å². The second-order valence-electron chi connectivity index (χ2n) is 4.16. The van der Waals surface area contributed by atoms with Crippen molar-refractivity contribution in [1.29, 1.82) is 0 Å². The summed E-state index contributed by atoms with van der Waals surface area (Å²) in [6, 6.07) is 3.46. The summed E-state index contributed by atoms with van der Waals surface area (Å²) in [4.78, 5) is 11.9. The maximum Gasteiger partial charge on any atom is 0.244 e. The molecular formula is C10H9ClN4OS. The molecule has 1 aromatic heterocycles. The second-order valence-corrected chi connectivity index (χ2v) is 5.10. The molecule has 0 atom stereocenters. The van der Waals surface area contributed by atoms with Crippen LogP contribution >= 0.6 is 23.3 Å². The van der Waals surface area contributed by atoms with E-state index >= 15 is 0 Å². The summed E-state index contributed by atoms with van der Waals surface area (Å²) in [5.41, 5.74) is 6.92. The van der Waals surface area contributed by atoms with Crippen LogP contribution in [-0.2, 0) is 4.79 Å². The van der Waals surface area contributed by atoms with Gasteiger partial charge in [-0.15, -0.1) is 0 Å². The van der Waals surface area contributed by atoms with Crippen LogP contribution < -0.4 is 11.1 Å². The number of hydrogen-bond donors (Lipinski definition) is 2. The first-order chi connectivity index (χ1) is 8.10. The van der Waals surface area contributed by atoms with Crippen molar-refractivity contribution in [2.24, 2.45) is 5.73 Å². The molecule has 0 unspecified atom stereocenters. The fourth-order valence-electron chi connectivity index (χ4n) is 1.55. The fourth-order valence-corrected chi connectivity index (χ4v) is 2.29. The molecule has 3 rings (SSSR count). The number of benzene rings is 1. The Morgan fingerprint density at radius 1 is 1.47 bits per heavy atom. The number of carbonyl (C=O) groups excluding carboxylic acids is 1. The third-order valence-corrected chi connectivity index (χ3v) is 3.71. The first kappa shape index (κ1) is 10.9. The van der Waals surface area contributed by atoms with Gasteiger partial charge in [-0.3, -0.25) is 4.79 Å². The molecule has 0 spiro atoms. The Morgan fingerprint density at radius 2 is 2.24 bits per heavy atom. The van der Waals surface area contributed by atoms with Crippen molar-refractivity contribution in [3.05, 3.63) is 17.2 Å². The van der Waals surface area contributed by atoms with E-state index in [9.17, 15) is 4.79 Å². The standard InChI is InChI=1S/C10H9ClN4OS/c11-5-1-2-6-8(15-17-14-6)7(5)13-9(16)10(12)3-4-10/h1-2H,3-4,12H2,(H,13,16). The molecule has 5 nitrogen and oxygen atoms in total. The molecule has 1 aliphatic rings. The summed E-state index contributed by atoms with van der Waals surface area (Å²) in [6.45, 7) is 0. The number of fused-ring (bicyclic) bond motifs is 1. The number of nitrogens with zero attached hydrogens (tertiary/aromatic N) is 2. The van der Waals surface area contributed by atoms with Crippen molar-refractivity contribution in [2.45, 2.75) is 18.4 Å². The highest BCUT2D eigenvalue weighted by Crippen LogP contribution is 2.36. The van der Waals surface area contributed by atoms with Gasteiger partial charge in [0.1, 0.15) is 11.0 Å². The Kier molecular flexibility index (Phi) is 2.32. The minimum absolute atomic E-state index is 0.208. The van der Waals surface area contributed by atoms with Gasteiger partial charge in [-0.05, 0) is 25.0 Å². The van der Waals surface area contributed by atoms with Gasteiger partial charge in [0.2, 0.25) is 5.91 Å². The molecule has 0 bridgehead atoms. The lowest BCUT2D eigenvalue weighted by Gasteiger charge is -2.11. The molecule has 0 saturated heterocycles. The van der Waals surface area contributed by atoms with Crippen molar-refractivity contribution >= 4 is 46.0 Å². The largest absolute Gasteiger partial charge is 0.321 e. The quantitative estimate of drug-likeness (QED) is 0.870. The van der Waals surface area contributed by atoms with E-state index in [1.54, 1.807) is 12.1 Å². The summed E-state index contributed by atoms with van der Waals surface area (Å²) in [6.07, 6.45) is 1.42. The van der Waals surface area contributed by atoms with Gasteiger partial charge in [0.25, 0.3) is 0 Å².